The third-order valence-corrected chi connectivity index (χ3v) is 6.26. The second kappa shape index (κ2) is 8.00. The van der Waals surface area contributed by atoms with Gasteiger partial charge in [0.1, 0.15) is 0 Å². The number of carbonyl (C=O) groups is 2. The first kappa shape index (κ1) is 19.7. The van der Waals surface area contributed by atoms with Crippen molar-refractivity contribution in [3.05, 3.63) is 48.7 Å². The normalized spacial score (nSPS) is 21.8. The lowest BCUT2D eigenvalue weighted by atomic mass is 9.77. The summed E-state index contributed by atoms with van der Waals surface area (Å²) >= 11 is 0. The molecule has 29 heavy (non-hydrogen) atoms. The molecule has 1 aromatic heterocycles. The number of benzene rings is 1. The molecule has 2 aromatic rings. The van der Waals surface area contributed by atoms with Crippen molar-refractivity contribution in [1.29, 1.82) is 0 Å². The molecule has 3 heterocycles. The van der Waals surface area contributed by atoms with Gasteiger partial charge in [0.2, 0.25) is 5.91 Å². The molecule has 0 aliphatic carbocycles. The maximum Gasteiger partial charge on any atom is 0.311 e. The van der Waals surface area contributed by atoms with Crippen LogP contribution in [0.4, 0.5) is 0 Å². The molecule has 4 rings (SSSR count). The largest absolute Gasteiger partial charge is 0.469 e. The smallest absolute Gasteiger partial charge is 0.311 e. The molecule has 2 aliphatic heterocycles. The first-order valence-corrected chi connectivity index (χ1v) is 10.0. The lowest BCUT2D eigenvalue weighted by Crippen LogP contribution is -2.57. The minimum Gasteiger partial charge on any atom is -0.469 e. The zero-order valence-corrected chi connectivity index (χ0v) is 16.7. The highest BCUT2D eigenvalue weighted by Gasteiger charge is 2.58. The van der Waals surface area contributed by atoms with Crippen LogP contribution in [0.3, 0.4) is 0 Å². The summed E-state index contributed by atoms with van der Waals surface area (Å²) in [6.45, 7) is 6.27. The number of para-hydroxylation sites is 1. The molecule has 7 nitrogen and oxygen atoms in total. The van der Waals surface area contributed by atoms with Gasteiger partial charge in [-0.25, -0.2) is 5.06 Å². The SMILES string of the molecule is C=CCON1C(=O)CC(C(=O)OC)C12CCN(Cc1c[nH]c3ccccc13)CC2. The van der Waals surface area contributed by atoms with E-state index in [9.17, 15) is 9.59 Å². The van der Waals surface area contributed by atoms with Gasteiger partial charge in [0.15, 0.2) is 0 Å². The minimum absolute atomic E-state index is 0.131. The van der Waals surface area contributed by atoms with Gasteiger partial charge in [0.05, 0.1) is 25.2 Å². The highest BCUT2D eigenvalue weighted by molar-refractivity contribution is 5.88. The van der Waals surface area contributed by atoms with Gasteiger partial charge < -0.3 is 9.72 Å². The van der Waals surface area contributed by atoms with Crippen LogP contribution in [-0.2, 0) is 25.7 Å². The number of hydrogen-bond donors (Lipinski definition) is 1. The molecule has 154 valence electrons. The summed E-state index contributed by atoms with van der Waals surface area (Å²) in [6.07, 6.45) is 5.13. The maximum atomic E-state index is 12.6. The average Bonchev–Trinajstić information content (AvgIpc) is 3.27. The molecule has 1 amide bonds. The van der Waals surface area contributed by atoms with Gasteiger partial charge in [0.25, 0.3) is 0 Å². The van der Waals surface area contributed by atoms with Gasteiger partial charge >= 0.3 is 5.97 Å². The van der Waals surface area contributed by atoms with Gasteiger partial charge in [-0.05, 0) is 24.5 Å². The number of nitrogens with zero attached hydrogens (tertiary/aromatic N) is 2. The van der Waals surface area contributed by atoms with Crippen molar-refractivity contribution in [2.75, 3.05) is 26.8 Å². The quantitative estimate of drug-likeness (QED) is 0.599. The molecule has 2 fully saturated rings. The number of aromatic nitrogens is 1. The number of likely N-dealkylation sites (tertiary alicyclic amines) is 1. The highest BCUT2D eigenvalue weighted by Crippen LogP contribution is 2.44. The molecule has 1 N–H and O–H groups in total. The van der Waals surface area contributed by atoms with E-state index in [0.717, 1.165) is 25.2 Å². The molecule has 2 saturated heterocycles. The van der Waals surface area contributed by atoms with E-state index in [2.05, 4.69) is 34.8 Å². The number of ether oxygens (including phenoxy) is 1. The number of rotatable bonds is 6. The van der Waals surface area contributed by atoms with Crippen molar-refractivity contribution in [3.63, 3.8) is 0 Å². The van der Waals surface area contributed by atoms with Crippen LogP contribution in [0.2, 0.25) is 0 Å². The summed E-state index contributed by atoms with van der Waals surface area (Å²) in [5, 5.41) is 2.67. The molecule has 1 spiro atoms. The number of amides is 1. The van der Waals surface area contributed by atoms with Crippen LogP contribution in [-0.4, -0.2) is 59.2 Å². The lowest BCUT2D eigenvalue weighted by Gasteiger charge is -2.45. The average molecular weight is 397 g/mol. The molecule has 1 atom stereocenters. The number of aromatic amines is 1. The van der Waals surface area contributed by atoms with Crippen LogP contribution in [0.25, 0.3) is 10.9 Å². The van der Waals surface area contributed by atoms with E-state index in [1.165, 1.54) is 23.1 Å². The number of hydroxylamine groups is 2. The molecule has 0 radical (unpaired) electrons. The fraction of sp³-hybridized carbons (Fsp3) is 0.455. The fourth-order valence-corrected chi connectivity index (χ4v) is 4.76. The molecule has 1 aromatic carbocycles. The monoisotopic (exact) mass is 397 g/mol. The molecular weight excluding hydrogens is 370 g/mol. The standard InChI is InChI=1S/C22H27N3O4/c1-3-12-29-25-20(26)13-18(21(27)28-2)22(25)8-10-24(11-9-22)15-16-14-23-19-7-5-4-6-17(16)19/h3-7,14,18,23H,1,8-13,15H2,2H3. The number of esters is 1. The van der Waals surface area contributed by atoms with Crippen LogP contribution in [0.1, 0.15) is 24.8 Å². The summed E-state index contributed by atoms with van der Waals surface area (Å²) in [5.41, 5.74) is 1.74. The summed E-state index contributed by atoms with van der Waals surface area (Å²) in [7, 11) is 1.37. The number of fused-ring (bicyclic) bond motifs is 1. The summed E-state index contributed by atoms with van der Waals surface area (Å²) in [5.74, 6) is -1.000. The molecular formula is C22H27N3O4. The number of H-pyrrole nitrogens is 1. The third kappa shape index (κ3) is 3.45. The van der Waals surface area contributed by atoms with E-state index in [1.54, 1.807) is 6.08 Å². The van der Waals surface area contributed by atoms with Crippen molar-refractivity contribution in [2.24, 2.45) is 5.92 Å². The van der Waals surface area contributed by atoms with Crippen molar-refractivity contribution in [3.8, 4) is 0 Å². The lowest BCUT2D eigenvalue weighted by molar-refractivity contribution is -0.218. The second-order valence-electron chi connectivity index (χ2n) is 7.79. The number of methoxy groups -OCH3 is 1. The number of hydrogen-bond acceptors (Lipinski definition) is 5. The zero-order chi connectivity index (χ0) is 20.4. The fourth-order valence-electron chi connectivity index (χ4n) is 4.76. The zero-order valence-electron chi connectivity index (χ0n) is 16.7. The Kier molecular flexibility index (Phi) is 5.43. The summed E-state index contributed by atoms with van der Waals surface area (Å²) in [6, 6.07) is 8.27. The van der Waals surface area contributed by atoms with E-state index < -0.39 is 11.5 Å². The Balaban J connectivity index is 1.51. The van der Waals surface area contributed by atoms with Crippen LogP contribution in [0.5, 0.6) is 0 Å². The maximum absolute atomic E-state index is 12.6. The Bertz CT molecular complexity index is 914. The van der Waals surface area contributed by atoms with Gasteiger partial charge in [-0.15, -0.1) is 6.58 Å². The topological polar surface area (TPSA) is 74.9 Å². The molecule has 0 saturated carbocycles. The molecule has 0 bridgehead atoms. The molecule has 1 unspecified atom stereocenters. The van der Waals surface area contributed by atoms with Gasteiger partial charge in [-0.2, -0.15) is 0 Å². The Morgan fingerprint density at radius 3 is 2.83 bits per heavy atom. The van der Waals surface area contributed by atoms with E-state index in [4.69, 9.17) is 9.57 Å². The second-order valence-corrected chi connectivity index (χ2v) is 7.79. The van der Waals surface area contributed by atoms with Crippen LogP contribution >= 0.6 is 0 Å². The minimum atomic E-state index is -0.649. The van der Waals surface area contributed by atoms with Crippen molar-refractivity contribution < 1.29 is 19.2 Å². The van der Waals surface area contributed by atoms with Crippen LogP contribution in [0.15, 0.2) is 43.1 Å². The van der Waals surface area contributed by atoms with E-state index in [0.29, 0.717) is 12.8 Å². The Hall–Kier alpha value is -2.64. The summed E-state index contributed by atoms with van der Waals surface area (Å²) < 4.78 is 5.01. The Morgan fingerprint density at radius 1 is 1.34 bits per heavy atom. The first-order chi connectivity index (χ1) is 14.1. The van der Waals surface area contributed by atoms with Crippen molar-refractivity contribution in [1.82, 2.24) is 14.9 Å². The number of carbonyl (C=O) groups excluding carboxylic acids is 2. The Morgan fingerprint density at radius 2 is 2.10 bits per heavy atom. The van der Waals surface area contributed by atoms with Gasteiger partial charge in [0, 0.05) is 43.2 Å². The predicted octanol–water partition coefficient (Wildman–Crippen LogP) is 2.64. The van der Waals surface area contributed by atoms with Crippen molar-refractivity contribution in [2.45, 2.75) is 31.3 Å². The molecule has 7 heteroatoms. The van der Waals surface area contributed by atoms with Crippen molar-refractivity contribution >= 4 is 22.8 Å². The van der Waals surface area contributed by atoms with Crippen LogP contribution in [0, 0.1) is 5.92 Å². The van der Waals surface area contributed by atoms with Gasteiger partial charge in [-0.3, -0.25) is 19.3 Å². The van der Waals surface area contributed by atoms with E-state index in [1.807, 2.05) is 12.1 Å². The van der Waals surface area contributed by atoms with E-state index >= 15 is 0 Å². The number of nitrogens with one attached hydrogen (secondary N) is 1. The van der Waals surface area contributed by atoms with Crippen LogP contribution < -0.4 is 0 Å². The third-order valence-electron chi connectivity index (χ3n) is 6.26. The number of piperidine rings is 1. The molecule has 2 aliphatic rings. The Labute approximate surface area is 170 Å². The first-order valence-electron chi connectivity index (χ1n) is 10.0. The summed E-state index contributed by atoms with van der Waals surface area (Å²) in [4.78, 5) is 36.5. The highest BCUT2D eigenvalue weighted by atomic mass is 16.7. The van der Waals surface area contributed by atoms with E-state index in [-0.39, 0.29) is 24.9 Å². The van der Waals surface area contributed by atoms with Gasteiger partial charge in [-0.1, -0.05) is 24.3 Å². The predicted molar refractivity (Wildman–Crippen MR) is 109 cm³/mol.